The van der Waals surface area contributed by atoms with Crippen molar-refractivity contribution in [2.24, 2.45) is 0 Å². The maximum absolute atomic E-state index is 13.0. The van der Waals surface area contributed by atoms with Gasteiger partial charge >= 0.3 is 0 Å². The molecule has 0 unspecified atom stereocenters. The van der Waals surface area contributed by atoms with Crippen LogP contribution in [0.25, 0.3) is 0 Å². The van der Waals surface area contributed by atoms with Gasteiger partial charge in [-0.3, -0.25) is 9.59 Å². The van der Waals surface area contributed by atoms with Crippen molar-refractivity contribution in [3.8, 4) is 5.75 Å². The van der Waals surface area contributed by atoms with Crippen molar-refractivity contribution in [2.75, 3.05) is 18.5 Å². The molecule has 0 saturated carbocycles. The summed E-state index contributed by atoms with van der Waals surface area (Å²) in [6.45, 7) is 0.485. The van der Waals surface area contributed by atoms with E-state index in [1.54, 1.807) is 48.5 Å². The Balaban J connectivity index is 1.45. The van der Waals surface area contributed by atoms with Crippen molar-refractivity contribution >= 4 is 17.5 Å². The molecule has 6 nitrogen and oxygen atoms in total. The minimum Gasteiger partial charge on any atom is -0.492 e. The lowest BCUT2D eigenvalue weighted by atomic mass is 10.2. The van der Waals surface area contributed by atoms with Crippen LogP contribution in [0.3, 0.4) is 0 Å². The summed E-state index contributed by atoms with van der Waals surface area (Å²) in [6, 6.07) is 15.4. The van der Waals surface area contributed by atoms with Gasteiger partial charge in [-0.25, -0.2) is 4.39 Å². The maximum Gasteiger partial charge on any atom is 0.291 e. The highest BCUT2D eigenvalue weighted by Gasteiger charge is 2.10. The van der Waals surface area contributed by atoms with Crippen molar-refractivity contribution < 1.29 is 23.1 Å². The zero-order valence-electron chi connectivity index (χ0n) is 14.3. The third-order valence-electron chi connectivity index (χ3n) is 3.60. The quantitative estimate of drug-likeness (QED) is 0.626. The molecule has 0 bridgehead atoms. The van der Waals surface area contributed by atoms with Crippen LogP contribution in [0.1, 0.15) is 20.9 Å². The molecule has 0 radical (unpaired) electrons. The third-order valence-corrected chi connectivity index (χ3v) is 3.60. The van der Waals surface area contributed by atoms with Crippen molar-refractivity contribution in [2.45, 2.75) is 0 Å². The van der Waals surface area contributed by atoms with E-state index >= 15 is 0 Å². The second kappa shape index (κ2) is 8.66. The summed E-state index contributed by atoms with van der Waals surface area (Å²) in [7, 11) is 0. The number of hydrogen-bond donors (Lipinski definition) is 2. The fourth-order valence-electron chi connectivity index (χ4n) is 2.30. The SMILES string of the molecule is O=C(NCCOc1cccc(F)c1)c1ccc(NC(=O)c2ccco2)cc1. The predicted molar refractivity (Wildman–Crippen MR) is 97.3 cm³/mol. The largest absolute Gasteiger partial charge is 0.492 e. The van der Waals surface area contributed by atoms with Crippen LogP contribution in [0.5, 0.6) is 5.75 Å². The van der Waals surface area contributed by atoms with Crippen molar-refractivity contribution in [1.82, 2.24) is 5.32 Å². The molecular weight excluding hydrogens is 351 g/mol. The Labute approximate surface area is 155 Å². The monoisotopic (exact) mass is 368 g/mol. The summed E-state index contributed by atoms with van der Waals surface area (Å²) in [5.74, 6) is -0.416. The second-order valence-corrected chi connectivity index (χ2v) is 5.57. The van der Waals surface area contributed by atoms with E-state index in [1.165, 1.54) is 18.4 Å². The van der Waals surface area contributed by atoms with Gasteiger partial charge in [0.2, 0.25) is 0 Å². The van der Waals surface area contributed by atoms with Gasteiger partial charge in [0.25, 0.3) is 11.8 Å². The molecular formula is C20H17FN2O4. The van der Waals surface area contributed by atoms with Gasteiger partial charge < -0.3 is 19.8 Å². The normalized spacial score (nSPS) is 10.3. The summed E-state index contributed by atoms with van der Waals surface area (Å²) in [5, 5.41) is 5.38. The minimum absolute atomic E-state index is 0.204. The summed E-state index contributed by atoms with van der Waals surface area (Å²) in [6.07, 6.45) is 1.42. The number of carbonyl (C=O) groups excluding carboxylic acids is 2. The molecule has 0 aliphatic heterocycles. The van der Waals surface area contributed by atoms with E-state index in [0.29, 0.717) is 17.0 Å². The lowest BCUT2D eigenvalue weighted by molar-refractivity contribution is 0.0946. The molecule has 0 spiro atoms. The Bertz CT molecular complexity index is 908. The van der Waals surface area contributed by atoms with Gasteiger partial charge in [-0.05, 0) is 48.5 Å². The molecule has 138 valence electrons. The fraction of sp³-hybridized carbons (Fsp3) is 0.100. The average molecular weight is 368 g/mol. The number of nitrogens with one attached hydrogen (secondary N) is 2. The van der Waals surface area contributed by atoms with Gasteiger partial charge in [-0.1, -0.05) is 6.07 Å². The predicted octanol–water partition coefficient (Wildman–Crippen LogP) is 3.48. The van der Waals surface area contributed by atoms with E-state index in [-0.39, 0.29) is 36.5 Å². The molecule has 2 aromatic carbocycles. The first-order valence-corrected chi connectivity index (χ1v) is 8.23. The molecule has 1 heterocycles. The lowest BCUT2D eigenvalue weighted by Gasteiger charge is -2.08. The number of amides is 2. The lowest BCUT2D eigenvalue weighted by Crippen LogP contribution is -2.28. The molecule has 27 heavy (non-hydrogen) atoms. The molecule has 7 heteroatoms. The standard InChI is InChI=1S/C20H17FN2O4/c21-15-3-1-4-17(13-15)26-12-10-22-19(24)14-6-8-16(9-7-14)23-20(25)18-5-2-11-27-18/h1-9,11,13H,10,12H2,(H,22,24)(H,23,25). The third kappa shape index (κ3) is 5.18. The molecule has 0 fully saturated rings. The molecule has 2 amide bonds. The first-order chi connectivity index (χ1) is 13.1. The van der Waals surface area contributed by atoms with Gasteiger partial charge in [0.05, 0.1) is 12.8 Å². The molecule has 0 saturated heterocycles. The van der Waals surface area contributed by atoms with Crippen LogP contribution < -0.4 is 15.4 Å². The van der Waals surface area contributed by atoms with E-state index < -0.39 is 0 Å². The van der Waals surface area contributed by atoms with Crippen LogP contribution in [0.4, 0.5) is 10.1 Å². The summed E-state index contributed by atoms with van der Waals surface area (Å²) >= 11 is 0. The average Bonchev–Trinajstić information content (AvgIpc) is 3.21. The van der Waals surface area contributed by atoms with Gasteiger partial charge in [-0.15, -0.1) is 0 Å². The highest BCUT2D eigenvalue weighted by molar-refractivity contribution is 6.02. The molecule has 2 N–H and O–H groups in total. The maximum atomic E-state index is 13.0. The van der Waals surface area contributed by atoms with E-state index in [9.17, 15) is 14.0 Å². The first-order valence-electron chi connectivity index (χ1n) is 8.23. The highest BCUT2D eigenvalue weighted by atomic mass is 19.1. The molecule has 0 atom stereocenters. The summed E-state index contributed by atoms with van der Waals surface area (Å²) in [4.78, 5) is 24.0. The number of anilines is 1. The Kier molecular flexibility index (Phi) is 5.84. The second-order valence-electron chi connectivity index (χ2n) is 5.57. The molecule has 3 rings (SSSR count). The van der Waals surface area contributed by atoms with Gasteiger partial charge in [-0.2, -0.15) is 0 Å². The zero-order valence-corrected chi connectivity index (χ0v) is 14.3. The van der Waals surface area contributed by atoms with Gasteiger partial charge in [0.15, 0.2) is 5.76 Å². The number of ether oxygens (including phenoxy) is 1. The Morgan fingerprint density at radius 1 is 1.00 bits per heavy atom. The van der Waals surface area contributed by atoms with E-state index in [4.69, 9.17) is 9.15 Å². The highest BCUT2D eigenvalue weighted by Crippen LogP contribution is 2.13. The number of halogens is 1. The number of carbonyl (C=O) groups is 2. The molecule has 3 aromatic rings. The van der Waals surface area contributed by atoms with Crippen molar-refractivity contribution in [1.29, 1.82) is 0 Å². The van der Waals surface area contributed by atoms with Gasteiger partial charge in [0.1, 0.15) is 18.2 Å². The fourth-order valence-corrected chi connectivity index (χ4v) is 2.30. The van der Waals surface area contributed by atoms with Crippen molar-refractivity contribution in [3.63, 3.8) is 0 Å². The number of rotatable bonds is 7. The van der Waals surface area contributed by atoms with E-state index in [1.807, 2.05) is 0 Å². The van der Waals surface area contributed by atoms with Crippen LogP contribution in [0, 0.1) is 5.82 Å². The topological polar surface area (TPSA) is 80.6 Å². The van der Waals surface area contributed by atoms with Crippen LogP contribution in [0.15, 0.2) is 71.3 Å². The van der Waals surface area contributed by atoms with Crippen molar-refractivity contribution in [3.05, 3.63) is 84.1 Å². The van der Waals surface area contributed by atoms with Crippen LogP contribution in [-0.2, 0) is 0 Å². The summed E-state index contributed by atoms with van der Waals surface area (Å²) in [5.41, 5.74) is 0.985. The Morgan fingerprint density at radius 3 is 2.52 bits per heavy atom. The molecule has 1 aromatic heterocycles. The van der Waals surface area contributed by atoms with Crippen LogP contribution in [-0.4, -0.2) is 25.0 Å². The van der Waals surface area contributed by atoms with Crippen LogP contribution >= 0.6 is 0 Å². The Morgan fingerprint density at radius 2 is 1.81 bits per heavy atom. The number of hydrogen-bond acceptors (Lipinski definition) is 4. The molecule has 0 aliphatic rings. The summed E-state index contributed by atoms with van der Waals surface area (Å²) < 4.78 is 23.4. The number of benzene rings is 2. The first kappa shape index (κ1) is 18.2. The van der Waals surface area contributed by atoms with Gasteiger partial charge in [0, 0.05) is 17.3 Å². The smallest absolute Gasteiger partial charge is 0.291 e. The van der Waals surface area contributed by atoms with Crippen LogP contribution in [0.2, 0.25) is 0 Å². The van der Waals surface area contributed by atoms with E-state index in [0.717, 1.165) is 0 Å². The minimum atomic E-state index is -0.379. The Hall–Kier alpha value is -3.61. The number of furan rings is 1. The molecule has 0 aliphatic carbocycles. The zero-order chi connectivity index (χ0) is 19.1. The van der Waals surface area contributed by atoms with E-state index in [2.05, 4.69) is 10.6 Å².